The molecular formula is C14H21NO3. The summed E-state index contributed by atoms with van der Waals surface area (Å²) in [6.07, 6.45) is -0.171. The van der Waals surface area contributed by atoms with Crippen molar-refractivity contribution in [2.24, 2.45) is 11.7 Å². The van der Waals surface area contributed by atoms with Crippen molar-refractivity contribution in [2.45, 2.75) is 32.9 Å². The van der Waals surface area contributed by atoms with E-state index in [4.69, 9.17) is 15.2 Å². The van der Waals surface area contributed by atoms with Gasteiger partial charge in [0, 0.05) is 0 Å². The van der Waals surface area contributed by atoms with Crippen LogP contribution in [0.2, 0.25) is 0 Å². The zero-order chi connectivity index (χ0) is 13.5. The summed E-state index contributed by atoms with van der Waals surface area (Å²) in [6.45, 7) is 5.86. The van der Waals surface area contributed by atoms with Gasteiger partial charge in [-0.25, -0.2) is 0 Å². The van der Waals surface area contributed by atoms with Crippen LogP contribution < -0.4 is 10.5 Å². The number of hydrogen-bond acceptors (Lipinski definition) is 4. The maximum absolute atomic E-state index is 11.3. The Bertz CT molecular complexity index is 363. The third-order valence-electron chi connectivity index (χ3n) is 2.54. The molecule has 0 amide bonds. The molecule has 1 aromatic rings. The first-order chi connectivity index (χ1) is 8.50. The van der Waals surface area contributed by atoms with Gasteiger partial charge < -0.3 is 15.2 Å². The number of para-hydroxylation sites is 1. The van der Waals surface area contributed by atoms with Crippen LogP contribution >= 0.6 is 0 Å². The zero-order valence-electron chi connectivity index (χ0n) is 11.1. The molecule has 2 N–H and O–H groups in total. The van der Waals surface area contributed by atoms with Gasteiger partial charge in [0.1, 0.15) is 24.5 Å². The van der Waals surface area contributed by atoms with Gasteiger partial charge in [0.05, 0.1) is 0 Å². The van der Waals surface area contributed by atoms with Gasteiger partial charge in [-0.3, -0.25) is 4.79 Å². The lowest BCUT2D eigenvalue weighted by atomic mass is 10.1. The Morgan fingerprint density at radius 1 is 1.22 bits per heavy atom. The molecule has 100 valence electrons. The fourth-order valence-electron chi connectivity index (χ4n) is 1.33. The van der Waals surface area contributed by atoms with E-state index < -0.39 is 12.0 Å². The van der Waals surface area contributed by atoms with Crippen molar-refractivity contribution >= 4 is 5.97 Å². The van der Waals surface area contributed by atoms with Crippen molar-refractivity contribution in [1.29, 1.82) is 0 Å². The van der Waals surface area contributed by atoms with Crippen LogP contribution in [0, 0.1) is 5.92 Å². The molecule has 2 atom stereocenters. The number of hydrogen-bond donors (Lipinski definition) is 1. The minimum Gasteiger partial charge on any atom is -0.487 e. The Hall–Kier alpha value is -1.55. The number of carbonyl (C=O) groups is 1. The van der Waals surface area contributed by atoms with E-state index in [1.54, 1.807) is 6.92 Å². The van der Waals surface area contributed by atoms with Crippen LogP contribution in [-0.2, 0) is 9.53 Å². The minimum absolute atomic E-state index is 0.171. The van der Waals surface area contributed by atoms with Gasteiger partial charge in [0.25, 0.3) is 0 Å². The minimum atomic E-state index is -0.602. The third-order valence-corrected chi connectivity index (χ3v) is 2.54. The van der Waals surface area contributed by atoms with Crippen LogP contribution in [0.4, 0.5) is 0 Å². The molecule has 0 aliphatic rings. The SMILES string of the molecule is CC(C)C(COC(=O)[C@H](C)N)Oc1ccccc1. The zero-order valence-corrected chi connectivity index (χ0v) is 11.1. The Morgan fingerprint density at radius 2 is 1.83 bits per heavy atom. The molecular weight excluding hydrogens is 230 g/mol. The van der Waals surface area contributed by atoms with E-state index in [2.05, 4.69) is 0 Å². The van der Waals surface area contributed by atoms with Crippen LogP contribution in [0.3, 0.4) is 0 Å². The normalized spacial score (nSPS) is 14.1. The molecule has 0 aliphatic heterocycles. The topological polar surface area (TPSA) is 61.5 Å². The Labute approximate surface area is 108 Å². The first-order valence-corrected chi connectivity index (χ1v) is 6.14. The number of nitrogens with two attached hydrogens (primary N) is 1. The second kappa shape index (κ2) is 7.01. The second-order valence-electron chi connectivity index (χ2n) is 4.63. The molecule has 0 saturated carbocycles. The van der Waals surface area contributed by atoms with Gasteiger partial charge >= 0.3 is 5.97 Å². The smallest absolute Gasteiger partial charge is 0.322 e. The van der Waals surface area contributed by atoms with Crippen molar-refractivity contribution < 1.29 is 14.3 Å². The Balaban J connectivity index is 2.53. The van der Waals surface area contributed by atoms with Crippen LogP contribution in [0.25, 0.3) is 0 Å². The number of benzene rings is 1. The molecule has 4 heteroatoms. The highest BCUT2D eigenvalue weighted by Gasteiger charge is 2.19. The van der Waals surface area contributed by atoms with Crippen molar-refractivity contribution in [1.82, 2.24) is 0 Å². The summed E-state index contributed by atoms with van der Waals surface area (Å²) < 4.78 is 10.9. The molecule has 0 spiro atoms. The van der Waals surface area contributed by atoms with Crippen LogP contribution in [-0.4, -0.2) is 24.7 Å². The average molecular weight is 251 g/mol. The molecule has 0 fully saturated rings. The summed E-state index contributed by atoms with van der Waals surface area (Å²) in [6, 6.07) is 8.88. The molecule has 1 aromatic carbocycles. The summed E-state index contributed by atoms with van der Waals surface area (Å²) in [5.74, 6) is 0.608. The summed E-state index contributed by atoms with van der Waals surface area (Å²) in [5.41, 5.74) is 5.44. The Morgan fingerprint density at radius 3 is 2.33 bits per heavy atom. The van der Waals surface area contributed by atoms with E-state index in [1.807, 2.05) is 44.2 Å². The molecule has 1 rings (SSSR count). The molecule has 0 saturated heterocycles. The average Bonchev–Trinajstić information content (AvgIpc) is 2.34. The third kappa shape index (κ3) is 4.75. The molecule has 0 radical (unpaired) electrons. The van der Waals surface area contributed by atoms with E-state index in [1.165, 1.54) is 0 Å². The van der Waals surface area contributed by atoms with E-state index in [0.717, 1.165) is 5.75 Å². The van der Waals surface area contributed by atoms with Crippen LogP contribution in [0.15, 0.2) is 30.3 Å². The molecule has 1 unspecified atom stereocenters. The van der Waals surface area contributed by atoms with E-state index in [0.29, 0.717) is 0 Å². The van der Waals surface area contributed by atoms with Crippen molar-refractivity contribution in [3.8, 4) is 5.75 Å². The number of ether oxygens (including phenoxy) is 2. The van der Waals surface area contributed by atoms with E-state index in [-0.39, 0.29) is 18.6 Å². The Kier molecular flexibility index (Phi) is 5.65. The van der Waals surface area contributed by atoms with Crippen LogP contribution in [0.1, 0.15) is 20.8 Å². The first-order valence-electron chi connectivity index (χ1n) is 6.14. The lowest BCUT2D eigenvalue weighted by Gasteiger charge is -2.22. The van der Waals surface area contributed by atoms with Crippen molar-refractivity contribution in [2.75, 3.05) is 6.61 Å². The summed E-state index contributed by atoms with van der Waals surface area (Å²) in [4.78, 5) is 11.3. The summed E-state index contributed by atoms with van der Waals surface area (Å²) in [7, 11) is 0. The molecule has 4 nitrogen and oxygen atoms in total. The van der Waals surface area contributed by atoms with Gasteiger partial charge in [-0.05, 0) is 25.0 Å². The van der Waals surface area contributed by atoms with E-state index in [9.17, 15) is 4.79 Å². The van der Waals surface area contributed by atoms with Gasteiger partial charge in [-0.15, -0.1) is 0 Å². The summed E-state index contributed by atoms with van der Waals surface area (Å²) in [5, 5.41) is 0. The molecule has 18 heavy (non-hydrogen) atoms. The van der Waals surface area contributed by atoms with Gasteiger partial charge in [-0.1, -0.05) is 32.0 Å². The maximum Gasteiger partial charge on any atom is 0.322 e. The quantitative estimate of drug-likeness (QED) is 0.785. The highest BCUT2D eigenvalue weighted by atomic mass is 16.6. The molecule has 0 heterocycles. The van der Waals surface area contributed by atoms with Crippen molar-refractivity contribution in [3.63, 3.8) is 0 Å². The highest BCUT2D eigenvalue weighted by molar-refractivity contribution is 5.74. The van der Waals surface area contributed by atoms with Crippen molar-refractivity contribution in [3.05, 3.63) is 30.3 Å². The first kappa shape index (κ1) is 14.5. The van der Waals surface area contributed by atoms with Crippen LogP contribution in [0.5, 0.6) is 5.75 Å². The molecule has 0 aromatic heterocycles. The predicted molar refractivity (Wildman–Crippen MR) is 70.3 cm³/mol. The largest absolute Gasteiger partial charge is 0.487 e. The lowest BCUT2D eigenvalue weighted by molar-refractivity contribution is -0.147. The molecule has 0 aliphatic carbocycles. The standard InChI is InChI=1S/C14H21NO3/c1-10(2)13(9-17-14(16)11(3)15)18-12-7-5-4-6-8-12/h4-8,10-11,13H,9,15H2,1-3H3/t11-,13?/m0/s1. The summed E-state index contributed by atoms with van der Waals surface area (Å²) >= 11 is 0. The maximum atomic E-state index is 11.3. The number of esters is 1. The number of rotatable bonds is 6. The van der Waals surface area contributed by atoms with E-state index >= 15 is 0 Å². The lowest BCUT2D eigenvalue weighted by Crippen LogP contribution is -2.35. The monoisotopic (exact) mass is 251 g/mol. The molecule has 0 bridgehead atoms. The number of carbonyl (C=O) groups excluding carboxylic acids is 1. The van der Waals surface area contributed by atoms with Gasteiger partial charge in [0.2, 0.25) is 0 Å². The van der Waals surface area contributed by atoms with Gasteiger partial charge in [0.15, 0.2) is 0 Å². The fraction of sp³-hybridized carbons (Fsp3) is 0.500. The highest BCUT2D eigenvalue weighted by Crippen LogP contribution is 2.15. The fourth-order valence-corrected chi connectivity index (χ4v) is 1.33. The van der Waals surface area contributed by atoms with Gasteiger partial charge in [-0.2, -0.15) is 0 Å². The second-order valence-corrected chi connectivity index (χ2v) is 4.63. The predicted octanol–water partition coefficient (Wildman–Crippen LogP) is 1.98.